The summed E-state index contributed by atoms with van der Waals surface area (Å²) in [6.45, 7) is 4.18. The van der Waals surface area contributed by atoms with Crippen LogP contribution in [0.4, 0.5) is 0 Å². The van der Waals surface area contributed by atoms with Crippen molar-refractivity contribution in [3.8, 4) is 5.75 Å². The number of carbonyl (C=O) groups is 1. The van der Waals surface area contributed by atoms with Crippen molar-refractivity contribution in [2.75, 3.05) is 31.9 Å². The van der Waals surface area contributed by atoms with Gasteiger partial charge in [-0.1, -0.05) is 27.7 Å². The molecule has 0 aliphatic heterocycles. The first kappa shape index (κ1) is 29.0. The van der Waals surface area contributed by atoms with E-state index in [2.05, 4.69) is 19.2 Å². The largest absolute Gasteiger partial charge is 0.492 e. The smallest absolute Gasteiger partial charge is 0.264 e. The van der Waals surface area contributed by atoms with Crippen LogP contribution in [0, 0.1) is 0 Å². The minimum atomic E-state index is -3.65. The average Bonchev–Trinajstić information content (AvgIpc) is 2.65. The van der Waals surface area contributed by atoms with E-state index < -0.39 is 20.2 Å². The maximum absolute atomic E-state index is 12.0. The van der Waals surface area contributed by atoms with Crippen molar-refractivity contribution in [1.82, 2.24) is 5.32 Å². The molecule has 9 nitrogen and oxygen atoms in total. The van der Waals surface area contributed by atoms with Gasteiger partial charge in [0.15, 0.2) is 0 Å². The Labute approximate surface area is 199 Å². The highest BCUT2D eigenvalue weighted by atomic mass is 33.1. The monoisotopic (exact) mass is 529 g/mol. The molecule has 0 atom stereocenters. The lowest BCUT2D eigenvalue weighted by molar-refractivity contribution is -0.121. The van der Waals surface area contributed by atoms with E-state index in [1.54, 1.807) is 39.8 Å². The third-order valence-corrected chi connectivity index (χ3v) is 7.63. The third kappa shape index (κ3) is 14.2. The predicted molar refractivity (Wildman–Crippen MR) is 129 cm³/mol. The van der Waals surface area contributed by atoms with Crippen molar-refractivity contribution in [3.63, 3.8) is 0 Å². The van der Waals surface area contributed by atoms with Crippen molar-refractivity contribution in [3.05, 3.63) is 29.3 Å². The van der Waals surface area contributed by atoms with E-state index in [4.69, 9.17) is 13.1 Å². The van der Waals surface area contributed by atoms with Gasteiger partial charge in [-0.3, -0.25) is 13.2 Å². The van der Waals surface area contributed by atoms with Crippen molar-refractivity contribution in [2.24, 2.45) is 0 Å². The number of nitrogens with one attached hydrogen (secondary N) is 1. The van der Waals surface area contributed by atoms with Crippen LogP contribution in [0.1, 0.15) is 37.8 Å². The maximum atomic E-state index is 12.0. The summed E-state index contributed by atoms with van der Waals surface area (Å²) in [6, 6.07) is 4.73. The molecule has 13 heteroatoms. The van der Waals surface area contributed by atoms with Crippen LogP contribution in [0.3, 0.4) is 0 Å². The molecule has 1 N–H and O–H groups in total. The number of hydrogen-bond acceptors (Lipinski definition) is 10. The molecule has 184 valence electrons. The normalized spacial score (nSPS) is 12.5. The number of benzene rings is 1. The first-order valence-corrected chi connectivity index (χ1v) is 15.8. The molecule has 0 spiro atoms. The molecule has 0 unspecified atom stereocenters. The van der Waals surface area contributed by atoms with Crippen LogP contribution in [0.25, 0.3) is 0 Å². The highest BCUT2D eigenvalue weighted by Gasteiger charge is 2.19. The molecule has 0 fully saturated rings. The van der Waals surface area contributed by atoms with Gasteiger partial charge in [0.25, 0.3) is 20.2 Å². The van der Waals surface area contributed by atoms with E-state index in [0.29, 0.717) is 23.3 Å². The number of rotatable bonds is 15. The average molecular weight is 530 g/mol. The number of hydrogen-bond donors (Lipinski definition) is 1. The van der Waals surface area contributed by atoms with Gasteiger partial charge >= 0.3 is 0 Å². The molecule has 1 amide bonds. The fourth-order valence-electron chi connectivity index (χ4n) is 2.46. The predicted octanol–water partition coefficient (Wildman–Crippen LogP) is 2.70. The van der Waals surface area contributed by atoms with Gasteiger partial charge in [0.1, 0.15) is 12.4 Å². The Bertz CT molecular complexity index is 907. The minimum absolute atomic E-state index is 0.00613. The second kappa shape index (κ2) is 13.0. The fourth-order valence-corrected chi connectivity index (χ4v) is 5.40. The van der Waals surface area contributed by atoms with Crippen molar-refractivity contribution < 1.29 is 34.7 Å². The minimum Gasteiger partial charge on any atom is -0.492 e. The lowest BCUT2D eigenvalue weighted by Crippen LogP contribution is -2.29. The van der Waals surface area contributed by atoms with Gasteiger partial charge in [0, 0.05) is 11.2 Å². The van der Waals surface area contributed by atoms with Gasteiger partial charge < -0.3 is 10.1 Å². The summed E-state index contributed by atoms with van der Waals surface area (Å²) in [5.41, 5.74) is 0.940. The van der Waals surface area contributed by atoms with E-state index in [1.165, 1.54) is 0 Å². The van der Waals surface area contributed by atoms with Crippen molar-refractivity contribution in [2.45, 2.75) is 44.6 Å². The van der Waals surface area contributed by atoms with Crippen LogP contribution in [0.2, 0.25) is 0 Å². The summed E-state index contributed by atoms with van der Waals surface area (Å²) in [7, 11) is -3.90. The number of ether oxygens (including phenoxy) is 1. The Morgan fingerprint density at radius 3 is 2.00 bits per heavy atom. The van der Waals surface area contributed by atoms with Gasteiger partial charge in [-0.15, -0.1) is 0 Å². The van der Waals surface area contributed by atoms with Crippen LogP contribution < -0.4 is 10.1 Å². The topological polar surface area (TPSA) is 125 Å². The Morgan fingerprint density at radius 1 is 1.00 bits per heavy atom. The lowest BCUT2D eigenvalue weighted by Gasteiger charge is -2.21. The van der Waals surface area contributed by atoms with Crippen molar-refractivity contribution >= 4 is 47.7 Å². The molecular formula is C19H31NO8S4. The molecule has 1 rings (SSSR count). The Balaban J connectivity index is 2.66. The number of carbonyl (C=O) groups excluding carboxylic acids is 1. The summed E-state index contributed by atoms with van der Waals surface area (Å²) in [5, 5.41) is 2.80. The molecule has 0 saturated heterocycles. The Morgan fingerprint density at radius 2 is 1.53 bits per heavy atom. The van der Waals surface area contributed by atoms with Gasteiger partial charge in [0.2, 0.25) is 5.91 Å². The van der Waals surface area contributed by atoms with Crippen LogP contribution in [0.15, 0.2) is 18.2 Å². The molecule has 0 heterocycles. The molecule has 1 aromatic carbocycles. The fraction of sp³-hybridized carbons (Fsp3) is 0.632. The quantitative estimate of drug-likeness (QED) is 0.206. The van der Waals surface area contributed by atoms with E-state index >= 15 is 0 Å². The summed E-state index contributed by atoms with van der Waals surface area (Å²) in [5.74, 6) is 0.305. The molecule has 0 saturated carbocycles. The lowest BCUT2D eigenvalue weighted by atomic mass is 10.1. The molecule has 1 aromatic rings. The highest BCUT2D eigenvalue weighted by Crippen LogP contribution is 2.36. The molecule has 32 heavy (non-hydrogen) atoms. The van der Waals surface area contributed by atoms with E-state index in [9.17, 15) is 21.6 Å². The van der Waals surface area contributed by atoms with Gasteiger partial charge in [-0.25, -0.2) is 0 Å². The molecule has 0 radical (unpaired) electrons. The molecule has 0 aliphatic carbocycles. The summed E-state index contributed by atoms with van der Waals surface area (Å²) < 4.78 is 60.3. The zero-order valence-electron chi connectivity index (χ0n) is 18.9. The van der Waals surface area contributed by atoms with Gasteiger partial charge in [0.05, 0.1) is 32.3 Å². The van der Waals surface area contributed by atoms with Crippen LogP contribution >= 0.6 is 21.6 Å². The first-order valence-electron chi connectivity index (χ1n) is 9.62. The second-order valence-electron chi connectivity index (χ2n) is 7.63. The SMILES string of the molecule is CSSC(C)(C)CCC(=O)NCCOc1cc(COS(C)(=O)=O)cc(COS(C)(=O)=O)c1. The molecule has 0 aliphatic rings. The van der Waals surface area contributed by atoms with Gasteiger partial charge in [-0.05, 0) is 49.8 Å². The number of amides is 1. The van der Waals surface area contributed by atoms with Gasteiger partial charge in [-0.2, -0.15) is 16.8 Å². The highest BCUT2D eigenvalue weighted by molar-refractivity contribution is 8.76. The first-order chi connectivity index (χ1) is 14.7. The Hall–Kier alpha value is -0.990. The zero-order valence-corrected chi connectivity index (χ0v) is 22.1. The summed E-state index contributed by atoms with van der Waals surface area (Å²) in [4.78, 5) is 12.0. The van der Waals surface area contributed by atoms with Crippen molar-refractivity contribution in [1.29, 1.82) is 0 Å². The van der Waals surface area contributed by atoms with Crippen LogP contribution in [0.5, 0.6) is 5.75 Å². The second-order valence-corrected chi connectivity index (χ2v) is 14.0. The molecular weight excluding hydrogens is 498 g/mol. The summed E-state index contributed by atoms with van der Waals surface area (Å²) in [6.07, 6.45) is 5.03. The molecule has 0 bridgehead atoms. The molecule has 0 aromatic heterocycles. The third-order valence-electron chi connectivity index (χ3n) is 3.86. The maximum Gasteiger partial charge on any atom is 0.264 e. The summed E-state index contributed by atoms with van der Waals surface area (Å²) >= 11 is 0. The Kier molecular flexibility index (Phi) is 11.8. The van der Waals surface area contributed by atoms with Crippen LogP contribution in [-0.2, 0) is 46.6 Å². The van der Waals surface area contributed by atoms with Crippen LogP contribution in [-0.4, -0.2) is 59.4 Å². The zero-order chi connectivity index (χ0) is 24.4. The standard InChI is InChI=1S/C19H31NO8S4/c1-19(2,30-29-3)7-6-18(21)20-8-9-26-17-11-15(13-27-31(4,22)23)10-16(12-17)14-28-32(5,24)25/h10-12H,6-9,13-14H2,1-5H3,(H,20,21). The van der Waals surface area contributed by atoms with E-state index in [1.807, 2.05) is 6.26 Å². The van der Waals surface area contributed by atoms with E-state index in [-0.39, 0.29) is 37.0 Å². The van der Waals surface area contributed by atoms with E-state index in [0.717, 1.165) is 18.9 Å².